The van der Waals surface area contributed by atoms with Crippen molar-refractivity contribution in [3.63, 3.8) is 0 Å². The third kappa shape index (κ3) is 4.43. The Morgan fingerprint density at radius 1 is 0.966 bits per heavy atom. The van der Waals surface area contributed by atoms with E-state index in [1.165, 1.54) is 11.6 Å². The molecule has 4 rings (SSSR count). The number of hydrogen-bond donors (Lipinski definition) is 1. The first-order chi connectivity index (χ1) is 14.1. The zero-order valence-electron chi connectivity index (χ0n) is 16.4. The molecule has 0 radical (unpaired) electrons. The highest BCUT2D eigenvalue weighted by Crippen LogP contribution is 2.24. The van der Waals surface area contributed by atoms with Crippen LogP contribution in [0.4, 0.5) is 5.69 Å². The number of nitrogens with zero attached hydrogens (tertiary/aromatic N) is 1. The number of amides is 1. The number of fused-ring (bicyclic) bond motifs is 1. The lowest BCUT2D eigenvalue weighted by molar-refractivity contribution is -0.111. The summed E-state index contributed by atoms with van der Waals surface area (Å²) in [6, 6.07) is 23.8. The van der Waals surface area contributed by atoms with Crippen LogP contribution in [0, 0.1) is 0 Å². The molecule has 144 valence electrons. The van der Waals surface area contributed by atoms with Crippen LogP contribution in [-0.4, -0.2) is 10.9 Å². The Kier molecular flexibility index (Phi) is 5.25. The summed E-state index contributed by atoms with van der Waals surface area (Å²) < 4.78 is 5.75. The average molecular weight is 382 g/mol. The molecule has 4 aromatic rings. The summed E-state index contributed by atoms with van der Waals surface area (Å²) in [5.41, 5.74) is 5.43. The molecule has 0 unspecified atom stereocenters. The predicted octanol–water partition coefficient (Wildman–Crippen LogP) is 6.27. The molecule has 0 aliphatic heterocycles. The minimum atomic E-state index is -0.194. The summed E-state index contributed by atoms with van der Waals surface area (Å²) >= 11 is 0. The fourth-order valence-electron chi connectivity index (χ4n) is 3.04. The van der Waals surface area contributed by atoms with Gasteiger partial charge in [0.1, 0.15) is 5.52 Å². The number of carbonyl (C=O) groups excluding carboxylic acids is 1. The molecule has 3 aromatic carbocycles. The van der Waals surface area contributed by atoms with E-state index in [1.807, 2.05) is 56.3 Å². The van der Waals surface area contributed by atoms with Gasteiger partial charge in [0.15, 0.2) is 11.5 Å². The van der Waals surface area contributed by atoms with Gasteiger partial charge in [0.05, 0.1) is 0 Å². The van der Waals surface area contributed by atoms with E-state index in [0.717, 1.165) is 16.6 Å². The number of carbonyl (C=O) groups is 1. The van der Waals surface area contributed by atoms with Crippen LogP contribution in [0.25, 0.3) is 28.3 Å². The summed E-state index contributed by atoms with van der Waals surface area (Å²) in [6.07, 6.45) is 3.33. The number of benzene rings is 3. The highest BCUT2D eigenvalue weighted by molar-refractivity contribution is 6.02. The van der Waals surface area contributed by atoms with E-state index in [-0.39, 0.29) is 11.8 Å². The standard InChI is InChI=1S/C25H22N2O2/c1-17(2)25-27-22-14-13-21(16-23(22)29-25)26-24(28)15-10-18-8-11-20(12-9-18)19-6-4-3-5-7-19/h3-17H,1-2H3,(H,26,28)/b15-10+. The minimum Gasteiger partial charge on any atom is -0.440 e. The first-order valence-electron chi connectivity index (χ1n) is 9.63. The third-order valence-electron chi connectivity index (χ3n) is 4.61. The van der Waals surface area contributed by atoms with Crippen molar-refractivity contribution in [1.29, 1.82) is 0 Å². The Morgan fingerprint density at radius 3 is 2.41 bits per heavy atom. The lowest BCUT2D eigenvalue weighted by atomic mass is 10.0. The predicted molar refractivity (Wildman–Crippen MR) is 118 cm³/mol. The fraction of sp³-hybridized carbons (Fsp3) is 0.120. The topological polar surface area (TPSA) is 55.1 Å². The second kappa shape index (κ2) is 8.15. The highest BCUT2D eigenvalue weighted by atomic mass is 16.3. The molecule has 1 aromatic heterocycles. The van der Waals surface area contributed by atoms with E-state index in [0.29, 0.717) is 17.2 Å². The van der Waals surface area contributed by atoms with Crippen LogP contribution in [0.2, 0.25) is 0 Å². The third-order valence-corrected chi connectivity index (χ3v) is 4.61. The van der Waals surface area contributed by atoms with Gasteiger partial charge in [0.25, 0.3) is 0 Å². The molecule has 0 atom stereocenters. The van der Waals surface area contributed by atoms with Gasteiger partial charge in [-0.3, -0.25) is 4.79 Å². The quantitative estimate of drug-likeness (QED) is 0.414. The van der Waals surface area contributed by atoms with E-state index >= 15 is 0 Å². The molecule has 0 spiro atoms. The Bertz CT molecular complexity index is 1160. The maximum Gasteiger partial charge on any atom is 0.248 e. The average Bonchev–Trinajstić information content (AvgIpc) is 3.17. The molecule has 0 bridgehead atoms. The normalized spacial score (nSPS) is 11.4. The first kappa shape index (κ1) is 18.7. The van der Waals surface area contributed by atoms with Crippen molar-refractivity contribution in [2.75, 3.05) is 5.32 Å². The molecule has 1 heterocycles. The number of hydrogen-bond acceptors (Lipinski definition) is 3. The van der Waals surface area contributed by atoms with Crippen LogP contribution in [0.1, 0.15) is 31.2 Å². The molecular formula is C25H22N2O2. The van der Waals surface area contributed by atoms with Crippen molar-refractivity contribution in [2.24, 2.45) is 0 Å². The summed E-state index contributed by atoms with van der Waals surface area (Å²) in [4.78, 5) is 16.7. The van der Waals surface area contributed by atoms with Gasteiger partial charge >= 0.3 is 0 Å². The SMILES string of the molecule is CC(C)c1nc2ccc(NC(=O)/C=C/c3ccc(-c4ccccc4)cc3)cc2o1. The summed E-state index contributed by atoms with van der Waals surface area (Å²) in [6.45, 7) is 4.06. The Balaban J connectivity index is 1.42. The zero-order valence-corrected chi connectivity index (χ0v) is 16.4. The lowest BCUT2D eigenvalue weighted by Crippen LogP contribution is -2.07. The number of rotatable bonds is 5. The molecule has 0 aliphatic carbocycles. The minimum absolute atomic E-state index is 0.194. The molecule has 0 saturated heterocycles. The van der Waals surface area contributed by atoms with Crippen LogP contribution in [0.3, 0.4) is 0 Å². The van der Waals surface area contributed by atoms with Gasteiger partial charge in [-0.25, -0.2) is 4.98 Å². The van der Waals surface area contributed by atoms with E-state index < -0.39 is 0 Å². The zero-order chi connectivity index (χ0) is 20.2. The van der Waals surface area contributed by atoms with Crippen molar-refractivity contribution in [1.82, 2.24) is 4.98 Å². The summed E-state index contributed by atoms with van der Waals surface area (Å²) in [5, 5.41) is 2.87. The fourth-order valence-corrected chi connectivity index (χ4v) is 3.04. The van der Waals surface area contributed by atoms with Gasteiger partial charge < -0.3 is 9.73 Å². The highest BCUT2D eigenvalue weighted by Gasteiger charge is 2.10. The van der Waals surface area contributed by atoms with Crippen LogP contribution in [0.5, 0.6) is 0 Å². The van der Waals surface area contributed by atoms with E-state index in [9.17, 15) is 4.79 Å². The van der Waals surface area contributed by atoms with Crippen molar-refractivity contribution in [3.05, 3.63) is 90.3 Å². The first-order valence-corrected chi connectivity index (χ1v) is 9.63. The maximum absolute atomic E-state index is 12.3. The molecule has 0 fully saturated rings. The van der Waals surface area contributed by atoms with Gasteiger partial charge in [-0.15, -0.1) is 0 Å². The Labute approximate surface area is 169 Å². The number of oxazole rings is 1. The Hall–Kier alpha value is -3.66. The van der Waals surface area contributed by atoms with Crippen molar-refractivity contribution in [2.45, 2.75) is 19.8 Å². The second-order valence-corrected chi connectivity index (χ2v) is 7.20. The molecule has 4 heteroatoms. The summed E-state index contributed by atoms with van der Waals surface area (Å²) in [7, 11) is 0. The van der Waals surface area contributed by atoms with Crippen molar-refractivity contribution in [3.8, 4) is 11.1 Å². The molecule has 29 heavy (non-hydrogen) atoms. The molecule has 0 aliphatic rings. The van der Waals surface area contributed by atoms with Gasteiger partial charge in [-0.2, -0.15) is 0 Å². The smallest absolute Gasteiger partial charge is 0.248 e. The van der Waals surface area contributed by atoms with Crippen LogP contribution >= 0.6 is 0 Å². The lowest BCUT2D eigenvalue weighted by Gasteiger charge is -2.03. The van der Waals surface area contributed by atoms with Gasteiger partial charge in [0, 0.05) is 23.7 Å². The molecule has 1 N–H and O–H groups in total. The number of anilines is 1. The van der Waals surface area contributed by atoms with E-state index in [4.69, 9.17) is 4.42 Å². The number of nitrogens with one attached hydrogen (secondary N) is 1. The van der Waals surface area contributed by atoms with Gasteiger partial charge in [0.2, 0.25) is 5.91 Å². The van der Waals surface area contributed by atoms with E-state index in [1.54, 1.807) is 12.1 Å². The molecule has 0 saturated carbocycles. The van der Waals surface area contributed by atoms with Crippen molar-refractivity contribution < 1.29 is 9.21 Å². The molecular weight excluding hydrogens is 360 g/mol. The van der Waals surface area contributed by atoms with E-state index in [2.05, 4.69) is 34.6 Å². The van der Waals surface area contributed by atoms with Crippen LogP contribution in [-0.2, 0) is 4.79 Å². The molecule has 4 nitrogen and oxygen atoms in total. The monoisotopic (exact) mass is 382 g/mol. The summed E-state index contributed by atoms with van der Waals surface area (Å²) in [5.74, 6) is 0.721. The van der Waals surface area contributed by atoms with Crippen LogP contribution in [0.15, 0.2) is 83.3 Å². The second-order valence-electron chi connectivity index (χ2n) is 7.20. The Morgan fingerprint density at radius 2 is 1.69 bits per heavy atom. The van der Waals surface area contributed by atoms with Crippen LogP contribution < -0.4 is 5.32 Å². The van der Waals surface area contributed by atoms with Gasteiger partial charge in [-0.05, 0) is 34.9 Å². The number of aromatic nitrogens is 1. The maximum atomic E-state index is 12.3. The largest absolute Gasteiger partial charge is 0.440 e. The molecule has 1 amide bonds. The van der Waals surface area contributed by atoms with Crippen molar-refractivity contribution >= 4 is 28.8 Å². The van der Waals surface area contributed by atoms with Gasteiger partial charge in [-0.1, -0.05) is 68.4 Å².